The average molecular weight is 318 g/mol. The first-order chi connectivity index (χ1) is 10.6. The van der Waals surface area contributed by atoms with E-state index in [0.29, 0.717) is 30.5 Å². The first-order valence-corrected chi connectivity index (χ1v) is 8.66. The maximum absolute atomic E-state index is 12.4. The number of fused-ring (bicyclic) bond motifs is 1. The first kappa shape index (κ1) is 18.0. The van der Waals surface area contributed by atoms with Crippen LogP contribution in [0.15, 0.2) is 23.8 Å². The molecule has 1 N–H and O–H groups in total. The number of hydrogen-bond acceptors (Lipinski definition) is 2. The minimum atomic E-state index is -0.886. The summed E-state index contributed by atoms with van der Waals surface area (Å²) in [6, 6.07) is 0. The molecule has 3 atom stereocenters. The molecule has 0 aromatic rings. The molecule has 3 nitrogen and oxygen atoms in total. The Morgan fingerprint density at radius 1 is 1.35 bits per heavy atom. The van der Waals surface area contributed by atoms with E-state index in [1.54, 1.807) is 0 Å². The number of hydrogen-bond donors (Lipinski definition) is 1. The average Bonchev–Trinajstić information content (AvgIpc) is 2.34. The summed E-state index contributed by atoms with van der Waals surface area (Å²) in [5.41, 5.74) is 2.15. The summed E-state index contributed by atoms with van der Waals surface area (Å²) < 4.78 is 0. The largest absolute Gasteiger partial charge is 0.478 e. The van der Waals surface area contributed by atoms with E-state index in [4.69, 9.17) is 5.11 Å². The lowest BCUT2D eigenvalue weighted by molar-refractivity contribution is -0.138. The second-order valence-electron chi connectivity index (χ2n) is 8.56. The van der Waals surface area contributed by atoms with E-state index in [0.717, 1.165) is 31.3 Å². The van der Waals surface area contributed by atoms with E-state index in [-0.39, 0.29) is 10.8 Å². The second kappa shape index (κ2) is 6.26. The molecule has 0 heterocycles. The lowest BCUT2D eigenvalue weighted by Gasteiger charge is -2.57. The van der Waals surface area contributed by atoms with Crippen molar-refractivity contribution in [2.24, 2.45) is 22.7 Å². The highest BCUT2D eigenvalue weighted by atomic mass is 16.4. The van der Waals surface area contributed by atoms with Crippen molar-refractivity contribution >= 4 is 11.8 Å². The molecule has 0 saturated heterocycles. The Morgan fingerprint density at radius 2 is 2.00 bits per heavy atom. The molecule has 0 bridgehead atoms. The van der Waals surface area contributed by atoms with Crippen molar-refractivity contribution in [1.82, 2.24) is 0 Å². The number of Topliss-reactive ketones (excluding diaryl/α,β-unsaturated/α-hetero) is 1. The maximum atomic E-state index is 12.4. The molecule has 3 heteroatoms. The zero-order chi connectivity index (χ0) is 17.4. The minimum Gasteiger partial charge on any atom is -0.478 e. The highest BCUT2D eigenvalue weighted by Gasteiger charge is 2.54. The molecule has 2 fully saturated rings. The summed E-state index contributed by atoms with van der Waals surface area (Å²) in [7, 11) is 0. The van der Waals surface area contributed by atoms with E-state index >= 15 is 0 Å². The van der Waals surface area contributed by atoms with Crippen LogP contribution in [0.2, 0.25) is 0 Å². The van der Waals surface area contributed by atoms with E-state index in [1.807, 2.05) is 6.92 Å². The monoisotopic (exact) mass is 318 g/mol. The van der Waals surface area contributed by atoms with Gasteiger partial charge in [-0.05, 0) is 55.3 Å². The van der Waals surface area contributed by atoms with Crippen LogP contribution in [0.3, 0.4) is 0 Å². The lowest BCUT2D eigenvalue weighted by atomic mass is 9.47. The number of carbonyl (C=O) groups excluding carboxylic acids is 1. The number of allylic oxidation sites excluding steroid dienone is 2. The van der Waals surface area contributed by atoms with Gasteiger partial charge in [0.25, 0.3) is 0 Å². The van der Waals surface area contributed by atoms with Crippen LogP contribution in [0.1, 0.15) is 66.2 Å². The van der Waals surface area contributed by atoms with Crippen LogP contribution in [-0.2, 0) is 9.59 Å². The number of carbonyl (C=O) groups is 2. The van der Waals surface area contributed by atoms with Gasteiger partial charge in [-0.1, -0.05) is 38.5 Å². The van der Waals surface area contributed by atoms with Gasteiger partial charge < -0.3 is 5.11 Å². The van der Waals surface area contributed by atoms with Crippen molar-refractivity contribution in [1.29, 1.82) is 0 Å². The maximum Gasteiger partial charge on any atom is 0.328 e. The predicted molar refractivity (Wildman–Crippen MR) is 92.1 cm³/mol. The van der Waals surface area contributed by atoms with Gasteiger partial charge in [0, 0.05) is 18.9 Å². The summed E-state index contributed by atoms with van der Waals surface area (Å²) >= 11 is 0. The van der Waals surface area contributed by atoms with Gasteiger partial charge in [0.1, 0.15) is 5.78 Å². The Morgan fingerprint density at radius 3 is 2.61 bits per heavy atom. The third-order valence-electron chi connectivity index (χ3n) is 6.21. The van der Waals surface area contributed by atoms with Crippen molar-refractivity contribution in [3.63, 3.8) is 0 Å². The van der Waals surface area contributed by atoms with Crippen LogP contribution in [0.25, 0.3) is 0 Å². The second-order valence-corrected chi connectivity index (χ2v) is 8.56. The molecule has 0 aromatic heterocycles. The van der Waals surface area contributed by atoms with Crippen molar-refractivity contribution in [3.05, 3.63) is 23.8 Å². The minimum absolute atomic E-state index is 0.0301. The molecule has 0 radical (unpaired) electrons. The molecule has 3 unspecified atom stereocenters. The van der Waals surface area contributed by atoms with E-state index in [9.17, 15) is 9.59 Å². The molecule has 128 valence electrons. The predicted octanol–water partition coefficient (Wildman–Crippen LogP) is 4.78. The Hall–Kier alpha value is -1.38. The van der Waals surface area contributed by atoms with Crippen LogP contribution < -0.4 is 0 Å². The number of aliphatic carboxylic acids is 1. The van der Waals surface area contributed by atoms with Crippen molar-refractivity contribution in [3.8, 4) is 0 Å². The van der Waals surface area contributed by atoms with Crippen LogP contribution in [0.4, 0.5) is 0 Å². The molecule has 0 amide bonds. The number of carboxylic acid groups (broad SMARTS) is 1. The molecular formula is C20H30O3. The van der Waals surface area contributed by atoms with Gasteiger partial charge in [-0.25, -0.2) is 4.79 Å². The van der Waals surface area contributed by atoms with Crippen molar-refractivity contribution in [2.75, 3.05) is 0 Å². The molecule has 2 aliphatic rings. The molecule has 2 saturated carbocycles. The van der Waals surface area contributed by atoms with Crippen LogP contribution >= 0.6 is 0 Å². The Bertz CT molecular complexity index is 555. The zero-order valence-corrected chi connectivity index (χ0v) is 14.9. The fourth-order valence-electron chi connectivity index (χ4n) is 5.38. The quantitative estimate of drug-likeness (QED) is 0.600. The summed E-state index contributed by atoms with van der Waals surface area (Å²) in [5.74, 6) is 0.322. The Kier molecular flexibility index (Phi) is 4.89. The van der Waals surface area contributed by atoms with Gasteiger partial charge in [-0.15, -0.1) is 0 Å². The standard InChI is InChI=1S/C20H30O3/c1-13(10-18(22)23)6-8-16-14(2)7-9-17-19(3,4)11-15(21)12-20(16,17)5/h10,16-17H,2,6-9,11-12H2,1,3-5H3,(H,22,23). The van der Waals surface area contributed by atoms with Crippen molar-refractivity contribution < 1.29 is 14.7 Å². The van der Waals surface area contributed by atoms with Gasteiger partial charge in [-0.3, -0.25) is 4.79 Å². The smallest absolute Gasteiger partial charge is 0.328 e. The van der Waals surface area contributed by atoms with E-state index < -0.39 is 5.97 Å². The fourth-order valence-corrected chi connectivity index (χ4v) is 5.38. The molecular weight excluding hydrogens is 288 g/mol. The zero-order valence-electron chi connectivity index (χ0n) is 14.9. The summed E-state index contributed by atoms with van der Waals surface area (Å²) in [6.45, 7) is 12.9. The topological polar surface area (TPSA) is 54.4 Å². The van der Waals surface area contributed by atoms with E-state index in [1.165, 1.54) is 11.6 Å². The third kappa shape index (κ3) is 3.59. The third-order valence-corrected chi connectivity index (χ3v) is 6.21. The molecule has 2 rings (SSSR count). The van der Waals surface area contributed by atoms with Crippen LogP contribution in [0.5, 0.6) is 0 Å². The van der Waals surface area contributed by atoms with E-state index in [2.05, 4.69) is 27.4 Å². The first-order valence-electron chi connectivity index (χ1n) is 8.66. The highest BCUT2D eigenvalue weighted by Crippen LogP contribution is 2.60. The Balaban J connectivity index is 2.24. The molecule has 2 aliphatic carbocycles. The Labute approximate surface area is 139 Å². The lowest BCUT2D eigenvalue weighted by Crippen LogP contribution is -2.52. The van der Waals surface area contributed by atoms with Gasteiger partial charge in [-0.2, -0.15) is 0 Å². The van der Waals surface area contributed by atoms with Gasteiger partial charge in [0.05, 0.1) is 0 Å². The van der Waals surface area contributed by atoms with Gasteiger partial charge in [0.2, 0.25) is 0 Å². The molecule has 0 aliphatic heterocycles. The SMILES string of the molecule is C=C1CCC2C(C)(C)CC(=O)CC2(C)C1CCC(C)=CC(=O)O. The normalized spacial score (nSPS) is 34.2. The fraction of sp³-hybridized carbons (Fsp3) is 0.700. The summed E-state index contributed by atoms with van der Waals surface area (Å²) in [4.78, 5) is 23.2. The number of carboxylic acids is 1. The van der Waals surface area contributed by atoms with Gasteiger partial charge >= 0.3 is 5.97 Å². The molecule has 0 spiro atoms. The molecule has 23 heavy (non-hydrogen) atoms. The van der Waals surface area contributed by atoms with Crippen molar-refractivity contribution in [2.45, 2.75) is 66.2 Å². The number of ketones is 1. The van der Waals surface area contributed by atoms with Crippen LogP contribution in [-0.4, -0.2) is 16.9 Å². The molecule has 0 aromatic carbocycles. The van der Waals surface area contributed by atoms with Crippen LogP contribution in [0, 0.1) is 22.7 Å². The summed E-state index contributed by atoms with van der Waals surface area (Å²) in [5, 5.41) is 8.88. The number of rotatable bonds is 4. The summed E-state index contributed by atoms with van der Waals surface area (Å²) in [6.07, 6.45) is 6.43. The highest BCUT2D eigenvalue weighted by molar-refractivity contribution is 5.81. The van der Waals surface area contributed by atoms with Gasteiger partial charge in [0.15, 0.2) is 0 Å².